The highest BCUT2D eigenvalue weighted by Crippen LogP contribution is 2.35. The normalized spacial score (nSPS) is 18.4. The molecular formula is C17H27N3O. The molecule has 0 amide bonds. The molecule has 4 nitrogen and oxygen atoms in total. The number of unbranched alkanes of at least 4 members (excludes halogenated alkanes) is 1. The Bertz CT molecular complexity index is 439. The second-order valence-electron chi connectivity index (χ2n) is 5.74. The molecule has 1 aliphatic heterocycles. The first-order chi connectivity index (χ1) is 10.3. The van der Waals surface area contributed by atoms with E-state index in [2.05, 4.69) is 47.6 Å². The van der Waals surface area contributed by atoms with Gasteiger partial charge in [-0.15, -0.1) is 0 Å². The van der Waals surface area contributed by atoms with Crippen molar-refractivity contribution in [3.05, 3.63) is 35.9 Å². The van der Waals surface area contributed by atoms with E-state index in [0.29, 0.717) is 5.96 Å². The molecule has 4 heteroatoms. The van der Waals surface area contributed by atoms with Crippen LogP contribution in [-0.4, -0.2) is 32.3 Å². The van der Waals surface area contributed by atoms with Crippen molar-refractivity contribution in [3.8, 4) is 0 Å². The zero-order valence-electron chi connectivity index (χ0n) is 13.0. The Morgan fingerprint density at radius 1 is 1.29 bits per heavy atom. The molecule has 1 aromatic carbocycles. The van der Waals surface area contributed by atoms with Crippen LogP contribution >= 0.6 is 0 Å². The van der Waals surface area contributed by atoms with E-state index in [-0.39, 0.29) is 5.41 Å². The minimum absolute atomic E-state index is 0.0660. The van der Waals surface area contributed by atoms with E-state index in [1.54, 1.807) is 0 Å². The van der Waals surface area contributed by atoms with Crippen molar-refractivity contribution in [1.29, 1.82) is 0 Å². The van der Waals surface area contributed by atoms with Crippen LogP contribution in [0.2, 0.25) is 0 Å². The molecule has 1 aliphatic rings. The average Bonchev–Trinajstić information content (AvgIpc) is 2.55. The fourth-order valence-electron chi connectivity index (χ4n) is 2.78. The van der Waals surface area contributed by atoms with Crippen LogP contribution in [-0.2, 0) is 10.2 Å². The van der Waals surface area contributed by atoms with Crippen molar-refractivity contribution in [2.24, 2.45) is 10.7 Å². The van der Waals surface area contributed by atoms with Gasteiger partial charge in [-0.25, -0.2) is 0 Å². The molecule has 0 spiro atoms. The van der Waals surface area contributed by atoms with Crippen LogP contribution in [0.5, 0.6) is 0 Å². The van der Waals surface area contributed by atoms with Crippen LogP contribution in [0.3, 0.4) is 0 Å². The largest absolute Gasteiger partial charge is 0.381 e. The first kappa shape index (κ1) is 15.8. The molecule has 1 heterocycles. The van der Waals surface area contributed by atoms with Gasteiger partial charge in [0.2, 0.25) is 0 Å². The molecule has 0 unspecified atom stereocenters. The molecule has 2 rings (SSSR count). The lowest BCUT2D eigenvalue weighted by molar-refractivity contribution is 0.0531. The van der Waals surface area contributed by atoms with Crippen molar-refractivity contribution in [3.63, 3.8) is 0 Å². The maximum atomic E-state index is 5.98. The van der Waals surface area contributed by atoms with Gasteiger partial charge in [0.05, 0.1) is 6.54 Å². The molecule has 0 atom stereocenters. The number of rotatable bonds is 6. The van der Waals surface area contributed by atoms with Crippen LogP contribution in [0.25, 0.3) is 0 Å². The van der Waals surface area contributed by atoms with Gasteiger partial charge in [0.25, 0.3) is 0 Å². The smallest absolute Gasteiger partial charge is 0.188 e. The zero-order valence-corrected chi connectivity index (χ0v) is 13.0. The summed E-state index contributed by atoms with van der Waals surface area (Å²) in [5.41, 5.74) is 7.39. The first-order valence-corrected chi connectivity index (χ1v) is 7.94. The highest BCUT2D eigenvalue weighted by atomic mass is 16.5. The molecular weight excluding hydrogens is 262 g/mol. The monoisotopic (exact) mass is 289 g/mol. The fraction of sp³-hybridized carbons (Fsp3) is 0.588. The molecule has 3 N–H and O–H groups in total. The summed E-state index contributed by atoms with van der Waals surface area (Å²) in [5.74, 6) is 0.560. The second-order valence-corrected chi connectivity index (χ2v) is 5.74. The summed E-state index contributed by atoms with van der Waals surface area (Å²) in [7, 11) is 0. The van der Waals surface area contributed by atoms with Crippen molar-refractivity contribution in [2.75, 3.05) is 26.3 Å². The number of hydrogen-bond donors (Lipinski definition) is 2. The van der Waals surface area contributed by atoms with E-state index >= 15 is 0 Å². The lowest BCUT2D eigenvalue weighted by atomic mass is 9.74. The van der Waals surface area contributed by atoms with Crippen LogP contribution < -0.4 is 11.1 Å². The van der Waals surface area contributed by atoms with Gasteiger partial charge < -0.3 is 15.8 Å². The molecule has 0 saturated carbocycles. The molecule has 0 aromatic heterocycles. The molecule has 1 saturated heterocycles. The lowest BCUT2D eigenvalue weighted by Gasteiger charge is -2.36. The molecule has 116 valence electrons. The minimum Gasteiger partial charge on any atom is -0.381 e. The Morgan fingerprint density at radius 3 is 2.67 bits per heavy atom. The van der Waals surface area contributed by atoms with Gasteiger partial charge in [-0.1, -0.05) is 43.7 Å². The third kappa shape index (κ3) is 4.46. The van der Waals surface area contributed by atoms with Gasteiger partial charge in [-0.3, -0.25) is 4.99 Å². The fourth-order valence-corrected chi connectivity index (χ4v) is 2.78. The summed E-state index contributed by atoms with van der Waals surface area (Å²) >= 11 is 0. The summed E-state index contributed by atoms with van der Waals surface area (Å²) in [6, 6.07) is 10.6. The third-order valence-electron chi connectivity index (χ3n) is 4.22. The summed E-state index contributed by atoms with van der Waals surface area (Å²) in [6.45, 7) is 5.39. The SMILES string of the molecule is CCCCNC(N)=NCC1(c2ccccc2)CCOCC1. The Morgan fingerprint density at radius 2 is 2.00 bits per heavy atom. The zero-order chi connectivity index (χ0) is 15.0. The Kier molecular flexibility index (Phi) is 6.05. The van der Waals surface area contributed by atoms with Gasteiger partial charge >= 0.3 is 0 Å². The van der Waals surface area contributed by atoms with E-state index in [0.717, 1.165) is 52.0 Å². The van der Waals surface area contributed by atoms with E-state index in [1.165, 1.54) is 5.56 Å². The molecule has 1 fully saturated rings. The molecule has 0 bridgehead atoms. The maximum Gasteiger partial charge on any atom is 0.188 e. The first-order valence-electron chi connectivity index (χ1n) is 7.94. The standard InChI is InChI=1S/C17H27N3O/c1-2-3-11-19-16(18)20-14-17(9-12-21-13-10-17)15-7-5-4-6-8-15/h4-8H,2-3,9-14H2,1H3,(H3,18,19,20). The van der Waals surface area contributed by atoms with E-state index in [1.807, 2.05) is 0 Å². The Hall–Kier alpha value is -1.55. The van der Waals surface area contributed by atoms with Crippen molar-refractivity contribution >= 4 is 5.96 Å². The quantitative estimate of drug-likeness (QED) is 0.480. The van der Waals surface area contributed by atoms with Crippen LogP contribution in [0.1, 0.15) is 38.2 Å². The highest BCUT2D eigenvalue weighted by molar-refractivity contribution is 5.77. The van der Waals surface area contributed by atoms with Crippen LogP contribution in [0, 0.1) is 0 Å². The summed E-state index contributed by atoms with van der Waals surface area (Å²) in [5, 5.41) is 3.19. The van der Waals surface area contributed by atoms with Crippen molar-refractivity contribution < 1.29 is 4.74 Å². The van der Waals surface area contributed by atoms with E-state index in [9.17, 15) is 0 Å². The second kappa shape index (κ2) is 8.03. The van der Waals surface area contributed by atoms with Crippen molar-refractivity contribution in [2.45, 2.75) is 38.0 Å². The van der Waals surface area contributed by atoms with E-state index in [4.69, 9.17) is 10.5 Å². The minimum atomic E-state index is 0.0660. The predicted octanol–water partition coefficient (Wildman–Crippen LogP) is 2.44. The summed E-state index contributed by atoms with van der Waals surface area (Å²) in [4.78, 5) is 4.60. The molecule has 0 radical (unpaired) electrons. The number of ether oxygens (including phenoxy) is 1. The number of aliphatic imine (C=N–C) groups is 1. The average molecular weight is 289 g/mol. The van der Waals surface area contributed by atoms with Crippen LogP contribution in [0.4, 0.5) is 0 Å². The third-order valence-corrected chi connectivity index (χ3v) is 4.22. The number of hydrogen-bond acceptors (Lipinski definition) is 2. The van der Waals surface area contributed by atoms with Gasteiger partial charge in [0, 0.05) is 25.2 Å². The summed E-state index contributed by atoms with van der Waals surface area (Å²) in [6.07, 6.45) is 4.28. The molecule has 1 aromatic rings. The van der Waals surface area contributed by atoms with Crippen LogP contribution in [0.15, 0.2) is 35.3 Å². The Balaban J connectivity index is 2.05. The van der Waals surface area contributed by atoms with E-state index < -0.39 is 0 Å². The lowest BCUT2D eigenvalue weighted by Crippen LogP contribution is -2.39. The van der Waals surface area contributed by atoms with Gasteiger partial charge in [-0.2, -0.15) is 0 Å². The number of benzene rings is 1. The van der Waals surface area contributed by atoms with Crippen molar-refractivity contribution in [1.82, 2.24) is 5.32 Å². The topological polar surface area (TPSA) is 59.6 Å². The predicted molar refractivity (Wildman–Crippen MR) is 87.6 cm³/mol. The summed E-state index contributed by atoms with van der Waals surface area (Å²) < 4.78 is 5.54. The molecule has 21 heavy (non-hydrogen) atoms. The number of nitrogens with two attached hydrogens (primary N) is 1. The highest BCUT2D eigenvalue weighted by Gasteiger charge is 2.34. The number of nitrogens with zero attached hydrogens (tertiary/aromatic N) is 1. The number of nitrogens with one attached hydrogen (secondary N) is 1. The van der Waals surface area contributed by atoms with Gasteiger partial charge in [0.1, 0.15) is 0 Å². The number of guanidine groups is 1. The van der Waals surface area contributed by atoms with Gasteiger partial charge in [0.15, 0.2) is 5.96 Å². The maximum absolute atomic E-state index is 5.98. The molecule has 0 aliphatic carbocycles. The Labute approximate surface area is 127 Å². The van der Waals surface area contributed by atoms with Gasteiger partial charge in [-0.05, 0) is 24.8 Å².